The van der Waals surface area contributed by atoms with Crippen molar-refractivity contribution in [3.05, 3.63) is 38.5 Å². The fourth-order valence-electron chi connectivity index (χ4n) is 1.68. The maximum atomic E-state index is 12.3. The van der Waals surface area contributed by atoms with Gasteiger partial charge in [-0.2, -0.15) is 8.42 Å². The zero-order valence-electron chi connectivity index (χ0n) is 10.9. The Kier molecular flexibility index (Phi) is 3.96. The third kappa shape index (κ3) is 3.03. The molecule has 0 spiro atoms. The summed E-state index contributed by atoms with van der Waals surface area (Å²) in [6.07, 6.45) is 0. The Labute approximate surface area is 128 Å². The Balaban J connectivity index is 2.42. The van der Waals surface area contributed by atoms with E-state index in [-0.39, 0.29) is 21.0 Å². The Morgan fingerprint density at radius 1 is 1.43 bits per heavy atom. The predicted octanol–water partition coefficient (Wildman–Crippen LogP) is 1.60. The predicted molar refractivity (Wildman–Crippen MR) is 77.3 cm³/mol. The largest absolute Gasteiger partial charge is 0.281 e. The van der Waals surface area contributed by atoms with Crippen molar-refractivity contribution in [3.8, 4) is 0 Å². The van der Waals surface area contributed by atoms with Crippen LogP contribution in [0.15, 0.2) is 27.8 Å². The van der Waals surface area contributed by atoms with E-state index in [1.807, 2.05) is 0 Å². The maximum absolute atomic E-state index is 12.3. The van der Waals surface area contributed by atoms with Gasteiger partial charge in [-0.1, -0.05) is 11.3 Å². The van der Waals surface area contributed by atoms with E-state index in [1.165, 1.54) is 19.2 Å². The Hall–Kier alpha value is -2.01. The molecule has 0 aliphatic carbocycles. The maximum Gasteiger partial charge on any atom is 0.281 e. The summed E-state index contributed by atoms with van der Waals surface area (Å²) in [6, 6.07) is 4.06. The highest BCUT2D eigenvalue weighted by Gasteiger charge is 2.24. The van der Waals surface area contributed by atoms with Gasteiger partial charge in [0.1, 0.15) is 0 Å². The summed E-state index contributed by atoms with van der Waals surface area (Å²) in [4.78, 5) is 10.3. The molecule has 9 nitrogen and oxygen atoms in total. The first-order valence-electron chi connectivity index (χ1n) is 5.55. The molecule has 0 aliphatic heterocycles. The summed E-state index contributed by atoms with van der Waals surface area (Å²) >= 11 is 2.99. The van der Waals surface area contributed by atoms with E-state index in [0.29, 0.717) is 5.56 Å². The van der Waals surface area contributed by atoms with Crippen molar-refractivity contribution in [3.63, 3.8) is 0 Å². The van der Waals surface area contributed by atoms with Crippen molar-refractivity contribution in [1.29, 1.82) is 0 Å². The summed E-state index contributed by atoms with van der Waals surface area (Å²) in [5.41, 5.74) is 0.351. The topological polar surface area (TPSA) is 120 Å². The molecule has 1 heterocycles. The van der Waals surface area contributed by atoms with Crippen LogP contribution in [0.3, 0.4) is 0 Å². The van der Waals surface area contributed by atoms with Crippen LogP contribution in [-0.2, 0) is 17.1 Å². The van der Waals surface area contributed by atoms with Gasteiger partial charge in [0, 0.05) is 18.7 Å². The average Bonchev–Trinajstić information content (AvgIpc) is 2.71. The minimum absolute atomic E-state index is 0.0547. The van der Waals surface area contributed by atoms with Crippen LogP contribution in [0.4, 0.5) is 11.4 Å². The Bertz CT molecular complexity index is 797. The number of nitrogens with one attached hydrogen (secondary N) is 1. The molecule has 0 atom stereocenters. The van der Waals surface area contributed by atoms with Gasteiger partial charge in [-0.3, -0.25) is 14.8 Å². The minimum Gasteiger partial charge on any atom is -0.278 e. The molecule has 1 aromatic heterocycles. The lowest BCUT2D eigenvalue weighted by atomic mass is 10.2. The first-order valence-corrected chi connectivity index (χ1v) is 7.83. The number of sulfonamides is 1. The molecule has 0 radical (unpaired) electrons. The standard InChI is InChI=1S/C10H10BrN5O4S/c1-6-3-4-7(5-8(6)16(17)18)13-21(19,20)10-9(11)12-14-15(10)2/h3-5,13H,1-2H3. The summed E-state index contributed by atoms with van der Waals surface area (Å²) in [6.45, 7) is 1.57. The number of aryl methyl sites for hydroxylation is 2. The van der Waals surface area contributed by atoms with Crippen LogP contribution in [0, 0.1) is 17.0 Å². The highest BCUT2D eigenvalue weighted by molar-refractivity contribution is 9.10. The van der Waals surface area contributed by atoms with Crippen LogP contribution >= 0.6 is 15.9 Å². The van der Waals surface area contributed by atoms with Gasteiger partial charge >= 0.3 is 0 Å². The highest BCUT2D eigenvalue weighted by Crippen LogP contribution is 2.25. The quantitative estimate of drug-likeness (QED) is 0.639. The van der Waals surface area contributed by atoms with Gasteiger partial charge in [-0.25, -0.2) is 4.68 Å². The molecule has 1 aromatic carbocycles. The van der Waals surface area contributed by atoms with Gasteiger partial charge in [-0.05, 0) is 28.9 Å². The molecule has 0 aliphatic rings. The fourth-order valence-corrected chi connectivity index (χ4v) is 3.83. The van der Waals surface area contributed by atoms with E-state index in [2.05, 4.69) is 31.0 Å². The van der Waals surface area contributed by atoms with Crippen LogP contribution in [0.2, 0.25) is 0 Å². The molecule has 0 saturated heterocycles. The summed E-state index contributed by atoms with van der Waals surface area (Å²) < 4.78 is 27.9. The summed E-state index contributed by atoms with van der Waals surface area (Å²) in [7, 11) is -2.55. The van der Waals surface area contributed by atoms with Crippen LogP contribution in [0.25, 0.3) is 0 Å². The molecule has 2 aromatic rings. The molecule has 0 fully saturated rings. The first-order chi connectivity index (χ1) is 9.72. The van der Waals surface area contributed by atoms with Crippen LogP contribution in [-0.4, -0.2) is 28.3 Å². The minimum atomic E-state index is -3.97. The molecule has 2 rings (SSSR count). The van der Waals surface area contributed by atoms with Gasteiger partial charge in [0.05, 0.1) is 10.6 Å². The van der Waals surface area contributed by atoms with E-state index >= 15 is 0 Å². The molecule has 0 bridgehead atoms. The fraction of sp³-hybridized carbons (Fsp3) is 0.200. The average molecular weight is 376 g/mol. The van der Waals surface area contributed by atoms with Gasteiger partial charge in [0.2, 0.25) is 5.03 Å². The number of nitro benzene ring substituents is 1. The second-order valence-electron chi connectivity index (χ2n) is 4.17. The number of anilines is 1. The SMILES string of the molecule is Cc1ccc(NS(=O)(=O)c2c(Br)nnn2C)cc1[N+](=O)[O-]. The second kappa shape index (κ2) is 5.41. The van der Waals surface area contributed by atoms with Crippen molar-refractivity contribution < 1.29 is 13.3 Å². The molecular weight excluding hydrogens is 366 g/mol. The van der Waals surface area contributed by atoms with E-state index in [1.54, 1.807) is 6.92 Å². The monoisotopic (exact) mass is 375 g/mol. The molecule has 0 saturated carbocycles. The molecule has 21 heavy (non-hydrogen) atoms. The summed E-state index contributed by atoms with van der Waals surface area (Å²) in [5, 5.41) is 17.9. The van der Waals surface area contributed by atoms with Crippen LogP contribution in [0.5, 0.6) is 0 Å². The normalized spacial score (nSPS) is 11.4. The lowest BCUT2D eigenvalue weighted by molar-refractivity contribution is -0.385. The Morgan fingerprint density at radius 3 is 2.62 bits per heavy atom. The third-order valence-corrected chi connectivity index (χ3v) is 4.92. The van der Waals surface area contributed by atoms with Crippen molar-refractivity contribution in [2.45, 2.75) is 11.9 Å². The number of nitrogens with zero attached hydrogens (tertiary/aromatic N) is 4. The molecule has 11 heteroatoms. The van der Waals surface area contributed by atoms with E-state index in [0.717, 1.165) is 10.7 Å². The number of nitro groups is 1. The zero-order valence-corrected chi connectivity index (χ0v) is 13.3. The van der Waals surface area contributed by atoms with Crippen LogP contribution < -0.4 is 4.72 Å². The van der Waals surface area contributed by atoms with Gasteiger partial charge < -0.3 is 0 Å². The number of aromatic nitrogens is 3. The molecular formula is C10H10BrN5O4S. The van der Waals surface area contributed by atoms with E-state index in [9.17, 15) is 18.5 Å². The first kappa shape index (κ1) is 15.4. The lowest BCUT2D eigenvalue weighted by Gasteiger charge is -2.08. The molecule has 0 unspecified atom stereocenters. The molecule has 0 amide bonds. The Morgan fingerprint density at radius 2 is 2.10 bits per heavy atom. The molecule has 112 valence electrons. The number of hydrogen-bond donors (Lipinski definition) is 1. The van der Waals surface area contributed by atoms with E-state index < -0.39 is 14.9 Å². The van der Waals surface area contributed by atoms with Gasteiger partial charge in [-0.15, -0.1) is 5.10 Å². The molecule has 1 N–H and O–H groups in total. The highest BCUT2D eigenvalue weighted by atomic mass is 79.9. The van der Waals surface area contributed by atoms with Crippen molar-refractivity contribution in [2.24, 2.45) is 7.05 Å². The van der Waals surface area contributed by atoms with Gasteiger partial charge in [0.15, 0.2) is 4.60 Å². The number of hydrogen-bond acceptors (Lipinski definition) is 6. The van der Waals surface area contributed by atoms with Crippen molar-refractivity contribution in [2.75, 3.05) is 4.72 Å². The van der Waals surface area contributed by atoms with E-state index in [4.69, 9.17) is 0 Å². The lowest BCUT2D eigenvalue weighted by Crippen LogP contribution is -2.17. The number of halogens is 1. The second-order valence-corrected chi connectivity index (χ2v) is 6.52. The van der Waals surface area contributed by atoms with Crippen molar-refractivity contribution >= 4 is 37.3 Å². The smallest absolute Gasteiger partial charge is 0.278 e. The van der Waals surface area contributed by atoms with Crippen molar-refractivity contribution in [1.82, 2.24) is 15.0 Å². The zero-order chi connectivity index (χ0) is 15.8. The van der Waals surface area contributed by atoms with Crippen LogP contribution in [0.1, 0.15) is 5.56 Å². The number of benzene rings is 1. The van der Waals surface area contributed by atoms with Gasteiger partial charge in [0.25, 0.3) is 15.7 Å². The third-order valence-electron chi connectivity index (χ3n) is 2.65. The summed E-state index contributed by atoms with van der Waals surface area (Å²) in [5.74, 6) is 0. The number of rotatable bonds is 4.